The zero-order chi connectivity index (χ0) is 11.8. The summed E-state index contributed by atoms with van der Waals surface area (Å²) in [7, 11) is 0. The summed E-state index contributed by atoms with van der Waals surface area (Å²) >= 11 is 5.39. The molecule has 0 saturated heterocycles. The Morgan fingerprint density at radius 2 is 1.82 bits per heavy atom. The van der Waals surface area contributed by atoms with E-state index in [1.54, 1.807) is 0 Å². The van der Waals surface area contributed by atoms with Crippen LogP contribution in [0, 0.1) is 11.7 Å². The molecule has 0 atom stereocenters. The highest BCUT2D eigenvalue weighted by molar-refractivity contribution is 7.71. The third-order valence-electron chi connectivity index (χ3n) is 2.85. The summed E-state index contributed by atoms with van der Waals surface area (Å²) < 4.78 is 2.79. The molecular formula is C14H12N2S. The number of H-pyrrole nitrogens is 1. The summed E-state index contributed by atoms with van der Waals surface area (Å²) in [6.45, 7) is 2.08. The number of rotatable bonds is 1. The molecule has 0 bridgehead atoms. The topological polar surface area (TPSA) is 20.7 Å². The minimum absolute atomic E-state index is 0.733. The van der Waals surface area contributed by atoms with E-state index >= 15 is 0 Å². The second-order valence-corrected chi connectivity index (χ2v) is 4.51. The van der Waals surface area contributed by atoms with Gasteiger partial charge < -0.3 is 4.98 Å². The lowest BCUT2D eigenvalue weighted by molar-refractivity contribution is 1.06. The van der Waals surface area contributed by atoms with Crippen molar-refractivity contribution in [3.8, 4) is 5.69 Å². The van der Waals surface area contributed by atoms with E-state index in [0.29, 0.717) is 0 Å². The first kappa shape index (κ1) is 10.3. The lowest BCUT2D eigenvalue weighted by atomic mass is 10.2. The van der Waals surface area contributed by atoms with Crippen molar-refractivity contribution in [2.75, 3.05) is 0 Å². The highest BCUT2D eigenvalue weighted by Gasteiger charge is 2.05. The number of aryl methyl sites for hydroxylation is 1. The molecule has 84 valence electrons. The molecule has 3 heteroatoms. The maximum atomic E-state index is 5.39. The number of benzene rings is 2. The van der Waals surface area contributed by atoms with Crippen molar-refractivity contribution in [2.45, 2.75) is 6.92 Å². The van der Waals surface area contributed by atoms with Gasteiger partial charge in [-0.25, -0.2) is 0 Å². The first-order chi connectivity index (χ1) is 8.25. The molecule has 1 heterocycles. The zero-order valence-electron chi connectivity index (χ0n) is 9.47. The Balaban J connectivity index is 2.37. The van der Waals surface area contributed by atoms with E-state index in [9.17, 15) is 0 Å². The minimum atomic E-state index is 0.733. The van der Waals surface area contributed by atoms with Crippen LogP contribution in [0.25, 0.3) is 16.7 Å². The van der Waals surface area contributed by atoms with E-state index in [-0.39, 0.29) is 0 Å². The van der Waals surface area contributed by atoms with Gasteiger partial charge in [-0.05, 0) is 49.0 Å². The Hall–Kier alpha value is -1.87. The van der Waals surface area contributed by atoms with Crippen molar-refractivity contribution in [3.05, 3.63) is 58.9 Å². The molecule has 3 rings (SSSR count). The predicted octanol–water partition coefficient (Wildman–Crippen LogP) is 4.00. The summed E-state index contributed by atoms with van der Waals surface area (Å²) in [5.74, 6) is 0. The standard InChI is InChI=1S/C14H12N2S/c1-10-7-8-13-12(9-10)15-14(17)16(13)11-5-3-2-4-6-11/h2-9H,1H3,(H,15,17). The number of hydrogen-bond donors (Lipinski definition) is 1. The van der Waals surface area contributed by atoms with E-state index in [0.717, 1.165) is 21.5 Å². The molecule has 0 aliphatic heterocycles. The van der Waals surface area contributed by atoms with Crippen LogP contribution in [0.4, 0.5) is 0 Å². The number of para-hydroxylation sites is 1. The van der Waals surface area contributed by atoms with Crippen molar-refractivity contribution in [3.63, 3.8) is 0 Å². The van der Waals surface area contributed by atoms with Crippen molar-refractivity contribution >= 4 is 23.3 Å². The number of aromatic amines is 1. The third-order valence-corrected chi connectivity index (χ3v) is 3.14. The molecule has 0 radical (unpaired) electrons. The average molecular weight is 240 g/mol. The Bertz CT molecular complexity index is 723. The van der Waals surface area contributed by atoms with Gasteiger partial charge in [-0.2, -0.15) is 0 Å². The van der Waals surface area contributed by atoms with E-state index in [4.69, 9.17) is 12.2 Å². The first-order valence-electron chi connectivity index (χ1n) is 5.52. The molecule has 1 aromatic heterocycles. The summed E-state index contributed by atoms with van der Waals surface area (Å²) in [5.41, 5.74) is 4.52. The molecule has 0 aliphatic carbocycles. The van der Waals surface area contributed by atoms with Crippen LogP contribution >= 0.6 is 12.2 Å². The van der Waals surface area contributed by atoms with Crippen molar-refractivity contribution in [2.24, 2.45) is 0 Å². The first-order valence-corrected chi connectivity index (χ1v) is 5.93. The summed E-state index contributed by atoms with van der Waals surface area (Å²) in [5, 5.41) is 0. The van der Waals surface area contributed by atoms with Gasteiger partial charge in [-0.15, -0.1) is 0 Å². The number of aromatic nitrogens is 2. The molecular weight excluding hydrogens is 228 g/mol. The van der Waals surface area contributed by atoms with Crippen molar-refractivity contribution in [1.29, 1.82) is 0 Å². The molecule has 0 amide bonds. The molecule has 17 heavy (non-hydrogen) atoms. The largest absolute Gasteiger partial charge is 0.330 e. The number of fused-ring (bicyclic) bond motifs is 1. The fourth-order valence-corrected chi connectivity index (χ4v) is 2.37. The number of nitrogens with zero attached hydrogens (tertiary/aromatic N) is 1. The molecule has 1 N–H and O–H groups in total. The van der Waals surface area contributed by atoms with Crippen molar-refractivity contribution in [1.82, 2.24) is 9.55 Å². The molecule has 0 spiro atoms. The van der Waals surface area contributed by atoms with Crippen LogP contribution in [0.3, 0.4) is 0 Å². The summed E-state index contributed by atoms with van der Waals surface area (Å²) in [6.07, 6.45) is 0. The Morgan fingerprint density at radius 1 is 1.06 bits per heavy atom. The second kappa shape index (κ2) is 3.86. The smallest absolute Gasteiger partial charge is 0.182 e. The maximum absolute atomic E-state index is 5.39. The molecule has 2 aromatic carbocycles. The Labute approximate surface area is 105 Å². The van der Waals surface area contributed by atoms with E-state index in [2.05, 4.69) is 46.8 Å². The van der Waals surface area contributed by atoms with Crippen LogP contribution < -0.4 is 0 Å². The van der Waals surface area contributed by atoms with Gasteiger partial charge in [0.2, 0.25) is 0 Å². The van der Waals surface area contributed by atoms with Gasteiger partial charge in [0, 0.05) is 5.69 Å². The van der Waals surface area contributed by atoms with E-state index < -0.39 is 0 Å². The fourth-order valence-electron chi connectivity index (χ4n) is 2.06. The summed E-state index contributed by atoms with van der Waals surface area (Å²) in [6, 6.07) is 16.5. The second-order valence-electron chi connectivity index (χ2n) is 4.12. The van der Waals surface area contributed by atoms with Gasteiger partial charge >= 0.3 is 0 Å². The van der Waals surface area contributed by atoms with Gasteiger partial charge in [0.15, 0.2) is 4.77 Å². The van der Waals surface area contributed by atoms with Crippen LogP contribution in [-0.2, 0) is 0 Å². The van der Waals surface area contributed by atoms with Gasteiger partial charge in [-0.1, -0.05) is 24.3 Å². The highest BCUT2D eigenvalue weighted by Crippen LogP contribution is 2.20. The average Bonchev–Trinajstić information content (AvgIpc) is 2.65. The van der Waals surface area contributed by atoms with Crippen LogP contribution in [0.15, 0.2) is 48.5 Å². The van der Waals surface area contributed by atoms with E-state index in [1.807, 2.05) is 18.2 Å². The zero-order valence-corrected chi connectivity index (χ0v) is 10.3. The lowest BCUT2D eigenvalue weighted by Gasteiger charge is -2.03. The van der Waals surface area contributed by atoms with Crippen LogP contribution in [0.2, 0.25) is 0 Å². The Morgan fingerprint density at radius 3 is 2.59 bits per heavy atom. The molecule has 2 nitrogen and oxygen atoms in total. The number of imidazole rings is 1. The van der Waals surface area contributed by atoms with Crippen molar-refractivity contribution < 1.29 is 0 Å². The van der Waals surface area contributed by atoms with Gasteiger partial charge in [0.25, 0.3) is 0 Å². The number of nitrogens with one attached hydrogen (secondary N) is 1. The number of hydrogen-bond acceptors (Lipinski definition) is 1. The van der Waals surface area contributed by atoms with Crippen LogP contribution in [-0.4, -0.2) is 9.55 Å². The molecule has 0 aliphatic rings. The predicted molar refractivity (Wildman–Crippen MR) is 73.2 cm³/mol. The van der Waals surface area contributed by atoms with Gasteiger partial charge in [-0.3, -0.25) is 4.57 Å². The van der Waals surface area contributed by atoms with E-state index in [1.165, 1.54) is 5.56 Å². The lowest BCUT2D eigenvalue weighted by Crippen LogP contribution is -1.92. The van der Waals surface area contributed by atoms with Crippen LogP contribution in [0.5, 0.6) is 0 Å². The maximum Gasteiger partial charge on any atom is 0.182 e. The quantitative estimate of drug-likeness (QED) is 0.638. The van der Waals surface area contributed by atoms with Gasteiger partial charge in [0.05, 0.1) is 11.0 Å². The minimum Gasteiger partial charge on any atom is -0.330 e. The molecule has 0 fully saturated rings. The normalized spacial score (nSPS) is 10.9. The molecule has 0 unspecified atom stereocenters. The highest BCUT2D eigenvalue weighted by atomic mass is 32.1. The molecule has 3 aromatic rings. The third kappa shape index (κ3) is 1.68. The SMILES string of the molecule is Cc1ccc2c(c1)[nH]c(=S)n2-c1ccccc1. The monoisotopic (exact) mass is 240 g/mol. The molecule has 0 saturated carbocycles. The van der Waals surface area contributed by atoms with Crippen LogP contribution in [0.1, 0.15) is 5.56 Å². The van der Waals surface area contributed by atoms with Gasteiger partial charge in [0.1, 0.15) is 0 Å². The fraction of sp³-hybridized carbons (Fsp3) is 0.0714. The Kier molecular flexibility index (Phi) is 2.34. The summed E-state index contributed by atoms with van der Waals surface area (Å²) in [4.78, 5) is 3.24.